The van der Waals surface area contributed by atoms with Gasteiger partial charge in [0.05, 0.1) is 12.2 Å². The smallest absolute Gasteiger partial charge is 0.254 e. The van der Waals surface area contributed by atoms with Gasteiger partial charge in [-0.05, 0) is 38.5 Å². The molecule has 0 bridgehead atoms. The first-order valence-corrected chi connectivity index (χ1v) is 7.08. The van der Waals surface area contributed by atoms with Crippen molar-refractivity contribution >= 4 is 27.5 Å². The number of morpholine rings is 1. The van der Waals surface area contributed by atoms with Crippen LogP contribution in [0.5, 0.6) is 0 Å². The first-order chi connectivity index (χ1) is 8.80. The third-order valence-corrected chi connectivity index (χ3v) is 3.81. The van der Waals surface area contributed by atoms with Crippen LogP contribution in [-0.4, -0.2) is 36.1 Å². The van der Waals surface area contributed by atoms with Gasteiger partial charge in [-0.15, -0.1) is 0 Å². The molecule has 2 N–H and O–H groups in total. The molecule has 19 heavy (non-hydrogen) atoms. The molecule has 0 unspecified atom stereocenters. The van der Waals surface area contributed by atoms with Gasteiger partial charge in [-0.2, -0.15) is 0 Å². The third-order valence-electron chi connectivity index (χ3n) is 3.36. The van der Waals surface area contributed by atoms with E-state index in [0.29, 0.717) is 30.9 Å². The lowest BCUT2D eigenvalue weighted by atomic mass is 10.0. The van der Waals surface area contributed by atoms with Crippen molar-refractivity contribution in [3.63, 3.8) is 0 Å². The number of carbonyl (C=O) groups is 1. The number of anilines is 1. The summed E-state index contributed by atoms with van der Waals surface area (Å²) in [6.07, 6.45) is 0. The van der Waals surface area contributed by atoms with E-state index >= 15 is 0 Å². The molecule has 1 amide bonds. The Labute approximate surface area is 122 Å². The zero-order chi connectivity index (χ0) is 14.2. The van der Waals surface area contributed by atoms with Crippen LogP contribution in [0.1, 0.15) is 29.8 Å². The van der Waals surface area contributed by atoms with Gasteiger partial charge in [0, 0.05) is 28.8 Å². The van der Waals surface area contributed by atoms with Gasteiger partial charge < -0.3 is 15.4 Å². The van der Waals surface area contributed by atoms with Crippen molar-refractivity contribution in [3.8, 4) is 0 Å². The largest absolute Gasteiger partial charge is 0.398 e. The number of amides is 1. The summed E-state index contributed by atoms with van der Waals surface area (Å²) in [6, 6.07) is 3.64. The van der Waals surface area contributed by atoms with Gasteiger partial charge in [-0.1, -0.05) is 15.9 Å². The van der Waals surface area contributed by atoms with E-state index in [2.05, 4.69) is 15.9 Å². The minimum absolute atomic E-state index is 0.0156. The molecule has 0 aliphatic carbocycles. The lowest BCUT2D eigenvalue weighted by molar-refractivity contribution is -0.0764. The molecule has 104 valence electrons. The summed E-state index contributed by atoms with van der Waals surface area (Å²) in [5.41, 5.74) is 7.74. The van der Waals surface area contributed by atoms with Gasteiger partial charge in [-0.3, -0.25) is 4.79 Å². The number of rotatable bonds is 1. The third kappa shape index (κ3) is 3.09. The average Bonchev–Trinajstić information content (AvgIpc) is 2.31. The quantitative estimate of drug-likeness (QED) is 0.807. The van der Waals surface area contributed by atoms with E-state index in [9.17, 15) is 4.79 Å². The predicted molar refractivity (Wildman–Crippen MR) is 79.2 cm³/mol. The monoisotopic (exact) mass is 326 g/mol. The number of nitrogens with two attached hydrogens (primary N) is 1. The van der Waals surface area contributed by atoms with Crippen LogP contribution in [0.4, 0.5) is 5.69 Å². The molecule has 1 aromatic rings. The van der Waals surface area contributed by atoms with Crippen molar-refractivity contribution < 1.29 is 9.53 Å². The van der Waals surface area contributed by atoms with E-state index in [1.54, 1.807) is 0 Å². The standard InChI is InChI=1S/C14H19BrN2O2/c1-9-11(6-10(15)7-12(9)16)13(18)17-4-5-19-14(2,3)8-17/h6-7H,4-5,8,16H2,1-3H3. The molecular formula is C14H19BrN2O2. The lowest BCUT2D eigenvalue weighted by Gasteiger charge is -2.38. The average molecular weight is 327 g/mol. The number of hydrogen-bond donors (Lipinski definition) is 1. The van der Waals surface area contributed by atoms with E-state index in [0.717, 1.165) is 10.0 Å². The molecule has 0 atom stereocenters. The number of hydrogen-bond acceptors (Lipinski definition) is 3. The molecule has 2 rings (SSSR count). The zero-order valence-electron chi connectivity index (χ0n) is 11.5. The van der Waals surface area contributed by atoms with E-state index in [4.69, 9.17) is 10.5 Å². The summed E-state index contributed by atoms with van der Waals surface area (Å²) in [7, 11) is 0. The fraction of sp³-hybridized carbons (Fsp3) is 0.500. The van der Waals surface area contributed by atoms with Crippen molar-refractivity contribution in [2.75, 3.05) is 25.4 Å². The van der Waals surface area contributed by atoms with Gasteiger partial charge in [0.1, 0.15) is 0 Å². The van der Waals surface area contributed by atoms with Gasteiger partial charge in [0.2, 0.25) is 0 Å². The number of halogens is 1. The second-order valence-electron chi connectivity index (χ2n) is 5.50. The maximum Gasteiger partial charge on any atom is 0.254 e. The molecule has 1 aromatic carbocycles. The van der Waals surface area contributed by atoms with Crippen LogP contribution in [-0.2, 0) is 4.74 Å². The van der Waals surface area contributed by atoms with Crippen LogP contribution in [0.25, 0.3) is 0 Å². The number of nitrogens with zero attached hydrogens (tertiary/aromatic N) is 1. The fourth-order valence-corrected chi connectivity index (χ4v) is 2.76. The Kier molecular flexibility index (Phi) is 3.87. The fourth-order valence-electron chi connectivity index (χ4n) is 2.28. The molecule has 4 nitrogen and oxygen atoms in total. The maximum atomic E-state index is 12.6. The second-order valence-corrected chi connectivity index (χ2v) is 6.42. The SMILES string of the molecule is Cc1c(N)cc(Br)cc1C(=O)N1CCOC(C)(C)C1. The highest BCUT2D eigenvalue weighted by atomic mass is 79.9. The summed E-state index contributed by atoms with van der Waals surface area (Å²) >= 11 is 3.39. The highest BCUT2D eigenvalue weighted by molar-refractivity contribution is 9.10. The van der Waals surface area contributed by atoms with Crippen LogP contribution in [0.3, 0.4) is 0 Å². The molecule has 1 fully saturated rings. The molecule has 0 spiro atoms. The van der Waals surface area contributed by atoms with Gasteiger partial charge >= 0.3 is 0 Å². The van der Waals surface area contributed by atoms with Crippen LogP contribution in [0.2, 0.25) is 0 Å². The van der Waals surface area contributed by atoms with Gasteiger partial charge in [0.15, 0.2) is 0 Å². The second kappa shape index (κ2) is 5.13. The van der Waals surface area contributed by atoms with Crippen molar-refractivity contribution in [2.24, 2.45) is 0 Å². The van der Waals surface area contributed by atoms with Gasteiger partial charge in [0.25, 0.3) is 5.91 Å². The van der Waals surface area contributed by atoms with Crippen molar-refractivity contribution in [1.82, 2.24) is 4.90 Å². The van der Waals surface area contributed by atoms with Gasteiger partial charge in [-0.25, -0.2) is 0 Å². The number of nitrogen functional groups attached to an aromatic ring is 1. The summed E-state index contributed by atoms with van der Waals surface area (Å²) in [6.45, 7) is 7.65. The Morgan fingerprint density at radius 2 is 2.16 bits per heavy atom. The van der Waals surface area contributed by atoms with E-state index < -0.39 is 0 Å². The van der Waals surface area contributed by atoms with Crippen molar-refractivity contribution in [3.05, 3.63) is 27.7 Å². The van der Waals surface area contributed by atoms with Crippen LogP contribution < -0.4 is 5.73 Å². The number of benzene rings is 1. The molecular weight excluding hydrogens is 308 g/mol. The molecule has 5 heteroatoms. The van der Waals surface area contributed by atoms with E-state index in [1.807, 2.05) is 37.8 Å². The molecule has 0 aromatic heterocycles. The summed E-state index contributed by atoms with van der Waals surface area (Å²) in [5.74, 6) is 0.0156. The summed E-state index contributed by atoms with van der Waals surface area (Å²) in [4.78, 5) is 14.4. The molecule has 1 saturated heterocycles. The highest BCUT2D eigenvalue weighted by Gasteiger charge is 2.31. The topological polar surface area (TPSA) is 55.6 Å². The maximum absolute atomic E-state index is 12.6. The molecule has 1 aliphatic heterocycles. The summed E-state index contributed by atoms with van der Waals surface area (Å²) < 4.78 is 6.46. The van der Waals surface area contributed by atoms with Crippen LogP contribution >= 0.6 is 15.9 Å². The lowest BCUT2D eigenvalue weighted by Crippen LogP contribution is -2.50. The minimum Gasteiger partial charge on any atom is -0.398 e. The minimum atomic E-state index is -0.292. The normalized spacial score (nSPS) is 18.4. The Bertz CT molecular complexity index is 514. The first kappa shape index (κ1) is 14.3. The van der Waals surface area contributed by atoms with Crippen LogP contribution in [0, 0.1) is 6.92 Å². The highest BCUT2D eigenvalue weighted by Crippen LogP contribution is 2.25. The predicted octanol–water partition coefficient (Wildman–Crippen LogP) is 2.59. The number of carbonyl (C=O) groups excluding carboxylic acids is 1. The Balaban J connectivity index is 2.29. The molecule has 0 radical (unpaired) electrons. The van der Waals surface area contributed by atoms with E-state index in [1.165, 1.54) is 0 Å². The van der Waals surface area contributed by atoms with Crippen molar-refractivity contribution in [1.29, 1.82) is 0 Å². The molecule has 1 aliphatic rings. The van der Waals surface area contributed by atoms with Crippen LogP contribution in [0.15, 0.2) is 16.6 Å². The number of ether oxygens (including phenoxy) is 1. The Morgan fingerprint density at radius 1 is 1.47 bits per heavy atom. The van der Waals surface area contributed by atoms with E-state index in [-0.39, 0.29) is 11.5 Å². The first-order valence-electron chi connectivity index (χ1n) is 6.29. The molecule has 1 heterocycles. The zero-order valence-corrected chi connectivity index (χ0v) is 13.1. The Hall–Kier alpha value is -1.07. The summed E-state index contributed by atoms with van der Waals surface area (Å²) in [5, 5.41) is 0. The Morgan fingerprint density at radius 3 is 2.79 bits per heavy atom. The molecule has 0 saturated carbocycles. The van der Waals surface area contributed by atoms with Crippen molar-refractivity contribution in [2.45, 2.75) is 26.4 Å².